The molecule has 0 saturated heterocycles. The zero-order valence-electron chi connectivity index (χ0n) is 11.5. The Balaban J connectivity index is 1.79. The highest BCUT2D eigenvalue weighted by Gasteiger charge is 2.25. The first kappa shape index (κ1) is 11.7. The van der Waals surface area contributed by atoms with Crippen LogP contribution in [0.25, 0.3) is 11.2 Å². The van der Waals surface area contributed by atoms with Crippen LogP contribution in [0.3, 0.4) is 0 Å². The fourth-order valence-corrected chi connectivity index (χ4v) is 2.76. The second-order valence-corrected chi connectivity index (χ2v) is 5.84. The van der Waals surface area contributed by atoms with E-state index < -0.39 is 0 Å². The van der Waals surface area contributed by atoms with Gasteiger partial charge >= 0.3 is 0 Å². The molecule has 0 aliphatic heterocycles. The number of nitrogens with two attached hydrogens (primary N) is 1. The molecule has 4 rings (SSSR count). The van der Waals surface area contributed by atoms with Gasteiger partial charge in [0.2, 0.25) is 5.95 Å². The van der Waals surface area contributed by atoms with Gasteiger partial charge in [0, 0.05) is 6.04 Å². The molecule has 3 N–H and O–H groups in total. The average molecular weight is 270 g/mol. The van der Waals surface area contributed by atoms with Crippen LogP contribution in [0.2, 0.25) is 0 Å². The number of nitrogen functional groups attached to an aromatic ring is 1. The molecule has 2 aromatic rings. The monoisotopic (exact) mass is 270 g/mol. The van der Waals surface area contributed by atoms with Gasteiger partial charge in [0.1, 0.15) is 0 Å². The van der Waals surface area contributed by atoms with Crippen molar-refractivity contribution in [1.29, 1.82) is 0 Å². The highest BCUT2D eigenvalue weighted by atomic mass is 15.2. The van der Waals surface area contributed by atoms with E-state index in [4.69, 9.17) is 5.73 Å². The molecule has 2 aromatic heterocycles. The van der Waals surface area contributed by atoms with Gasteiger partial charge in [-0.3, -0.25) is 0 Å². The summed E-state index contributed by atoms with van der Waals surface area (Å²) in [5.41, 5.74) is 7.50. The first-order valence-electron chi connectivity index (χ1n) is 7.15. The third-order valence-corrected chi connectivity index (χ3v) is 3.99. The van der Waals surface area contributed by atoms with Crippen LogP contribution in [0, 0.1) is 5.92 Å². The van der Waals surface area contributed by atoms with Gasteiger partial charge in [-0.05, 0) is 25.2 Å². The van der Waals surface area contributed by atoms with Crippen LogP contribution in [0.4, 0.5) is 11.8 Å². The van der Waals surface area contributed by atoms with E-state index in [0.29, 0.717) is 23.9 Å². The van der Waals surface area contributed by atoms with E-state index in [0.717, 1.165) is 23.4 Å². The zero-order chi connectivity index (χ0) is 13.7. The number of nitrogens with one attached hydrogen (secondary N) is 1. The summed E-state index contributed by atoms with van der Waals surface area (Å²) in [7, 11) is 0. The molecule has 2 atom stereocenters. The van der Waals surface area contributed by atoms with Crippen molar-refractivity contribution in [3.8, 4) is 0 Å². The van der Waals surface area contributed by atoms with Crippen LogP contribution >= 0.6 is 0 Å². The number of fused-ring (bicyclic) bond motifs is 1. The van der Waals surface area contributed by atoms with Gasteiger partial charge in [-0.2, -0.15) is 9.97 Å². The molecule has 1 fully saturated rings. The Morgan fingerprint density at radius 1 is 1.30 bits per heavy atom. The normalized spacial score (nSPS) is 25.4. The van der Waals surface area contributed by atoms with Crippen molar-refractivity contribution in [2.24, 2.45) is 5.92 Å². The Morgan fingerprint density at radius 2 is 2.15 bits per heavy atom. The molecule has 0 radical (unpaired) electrons. The van der Waals surface area contributed by atoms with E-state index >= 15 is 0 Å². The van der Waals surface area contributed by atoms with Crippen LogP contribution in [0.5, 0.6) is 0 Å². The Morgan fingerprint density at radius 3 is 2.85 bits per heavy atom. The first-order chi connectivity index (χ1) is 9.70. The summed E-state index contributed by atoms with van der Waals surface area (Å²) in [6.07, 6.45) is 9.77. The summed E-state index contributed by atoms with van der Waals surface area (Å²) in [5, 5.41) is 3.39. The van der Waals surface area contributed by atoms with Crippen molar-refractivity contribution in [2.75, 3.05) is 11.1 Å². The van der Waals surface area contributed by atoms with Gasteiger partial charge in [-0.1, -0.05) is 19.1 Å². The fourth-order valence-electron chi connectivity index (χ4n) is 2.76. The van der Waals surface area contributed by atoms with Crippen LogP contribution in [-0.2, 0) is 0 Å². The van der Waals surface area contributed by atoms with Crippen molar-refractivity contribution < 1.29 is 0 Å². The molecule has 0 spiro atoms. The highest BCUT2D eigenvalue weighted by Crippen LogP contribution is 2.32. The van der Waals surface area contributed by atoms with Crippen LogP contribution in [-0.4, -0.2) is 25.6 Å². The maximum atomic E-state index is 5.85. The molecule has 0 aromatic carbocycles. The Hall–Kier alpha value is -2.11. The quantitative estimate of drug-likeness (QED) is 0.835. The molecule has 2 heterocycles. The van der Waals surface area contributed by atoms with E-state index in [1.807, 2.05) is 6.33 Å². The predicted molar refractivity (Wildman–Crippen MR) is 78.3 cm³/mol. The number of nitrogens with zero attached hydrogens (tertiary/aromatic N) is 4. The SMILES string of the molecule is C[C@@H]1C=C[C@H](n2cnc3c(NC4CC4)nc(N)nc32)C1. The molecule has 0 bridgehead atoms. The number of aromatic nitrogens is 4. The molecule has 20 heavy (non-hydrogen) atoms. The van der Waals surface area contributed by atoms with Crippen LogP contribution in [0.15, 0.2) is 18.5 Å². The van der Waals surface area contributed by atoms with Crippen molar-refractivity contribution in [2.45, 2.75) is 38.3 Å². The summed E-state index contributed by atoms with van der Waals surface area (Å²) in [6.45, 7) is 2.22. The van der Waals surface area contributed by atoms with E-state index in [9.17, 15) is 0 Å². The Labute approximate surface area is 117 Å². The van der Waals surface area contributed by atoms with Crippen LogP contribution in [0.1, 0.15) is 32.2 Å². The van der Waals surface area contributed by atoms with Crippen molar-refractivity contribution in [3.05, 3.63) is 18.5 Å². The summed E-state index contributed by atoms with van der Waals surface area (Å²) < 4.78 is 2.10. The topological polar surface area (TPSA) is 81.7 Å². The molecule has 6 nitrogen and oxygen atoms in total. The molecule has 6 heteroatoms. The highest BCUT2D eigenvalue weighted by molar-refractivity contribution is 5.84. The Kier molecular flexibility index (Phi) is 2.45. The smallest absolute Gasteiger partial charge is 0.224 e. The number of hydrogen-bond donors (Lipinski definition) is 2. The lowest BCUT2D eigenvalue weighted by Gasteiger charge is -2.12. The molecular formula is C14H18N6. The minimum atomic E-state index is 0.303. The summed E-state index contributed by atoms with van der Waals surface area (Å²) in [5.74, 6) is 1.67. The maximum Gasteiger partial charge on any atom is 0.224 e. The van der Waals surface area contributed by atoms with E-state index in [-0.39, 0.29) is 0 Å². The lowest BCUT2D eigenvalue weighted by Crippen LogP contribution is -2.09. The van der Waals surface area contributed by atoms with Gasteiger partial charge in [-0.15, -0.1) is 0 Å². The summed E-state index contributed by atoms with van der Waals surface area (Å²) in [6, 6.07) is 0.835. The minimum Gasteiger partial charge on any atom is -0.368 e. The molecule has 1 saturated carbocycles. The standard InChI is InChI=1S/C14H18N6/c1-8-2-5-10(6-8)20-7-16-11-12(17-9-3-4-9)18-14(15)19-13(11)20/h2,5,7-10H,3-4,6H2,1H3,(H3,15,17,18,19)/t8-,10+/m1/s1. The lowest BCUT2D eigenvalue weighted by atomic mass is 10.1. The van der Waals surface area contributed by atoms with Gasteiger partial charge < -0.3 is 15.6 Å². The largest absolute Gasteiger partial charge is 0.368 e. The average Bonchev–Trinajstić information content (AvgIpc) is 2.95. The van der Waals surface area contributed by atoms with Gasteiger partial charge in [0.05, 0.1) is 12.4 Å². The van der Waals surface area contributed by atoms with Gasteiger partial charge in [0.25, 0.3) is 0 Å². The van der Waals surface area contributed by atoms with E-state index in [2.05, 4.69) is 43.9 Å². The maximum absolute atomic E-state index is 5.85. The van der Waals surface area contributed by atoms with Crippen molar-refractivity contribution in [1.82, 2.24) is 19.5 Å². The number of anilines is 2. The molecule has 2 aliphatic rings. The van der Waals surface area contributed by atoms with Gasteiger partial charge in [0.15, 0.2) is 17.0 Å². The second kappa shape index (κ2) is 4.19. The van der Waals surface area contributed by atoms with Crippen LogP contribution < -0.4 is 11.1 Å². The third kappa shape index (κ3) is 1.92. The second-order valence-electron chi connectivity index (χ2n) is 5.84. The predicted octanol–water partition coefficient (Wildman–Crippen LogP) is 2.12. The number of hydrogen-bond acceptors (Lipinski definition) is 5. The summed E-state index contributed by atoms with van der Waals surface area (Å²) in [4.78, 5) is 13.2. The molecule has 104 valence electrons. The fraction of sp³-hybridized carbons (Fsp3) is 0.500. The first-order valence-corrected chi connectivity index (χ1v) is 7.15. The van der Waals surface area contributed by atoms with Crippen molar-refractivity contribution >= 4 is 22.9 Å². The lowest BCUT2D eigenvalue weighted by molar-refractivity contribution is 0.536. The minimum absolute atomic E-state index is 0.303. The number of rotatable bonds is 3. The zero-order valence-corrected chi connectivity index (χ0v) is 11.5. The van der Waals surface area contributed by atoms with E-state index in [1.165, 1.54) is 12.8 Å². The molecule has 0 amide bonds. The molecule has 0 unspecified atom stereocenters. The van der Waals surface area contributed by atoms with E-state index in [1.54, 1.807) is 0 Å². The third-order valence-electron chi connectivity index (χ3n) is 3.99. The van der Waals surface area contributed by atoms with Crippen molar-refractivity contribution in [3.63, 3.8) is 0 Å². The Bertz CT molecular complexity index is 684. The molecule has 2 aliphatic carbocycles. The number of imidazole rings is 1. The van der Waals surface area contributed by atoms with Gasteiger partial charge in [-0.25, -0.2) is 4.98 Å². The molecular weight excluding hydrogens is 252 g/mol. The number of allylic oxidation sites excluding steroid dienone is 2. The summed E-state index contributed by atoms with van der Waals surface area (Å²) >= 11 is 0.